The van der Waals surface area contributed by atoms with E-state index in [-0.39, 0.29) is 0 Å². The summed E-state index contributed by atoms with van der Waals surface area (Å²) < 4.78 is 1.08. The first-order valence-corrected chi connectivity index (χ1v) is 6.36. The molecule has 0 N–H and O–H groups in total. The Morgan fingerprint density at radius 1 is 1.29 bits per heavy atom. The summed E-state index contributed by atoms with van der Waals surface area (Å²) in [7, 11) is 0. The molecule has 2 rings (SSSR count). The lowest BCUT2D eigenvalue weighted by atomic mass is 10.2. The van der Waals surface area contributed by atoms with Crippen molar-refractivity contribution in [3.05, 3.63) is 69.4 Å². The van der Waals surface area contributed by atoms with Gasteiger partial charge in [0.05, 0.1) is 10.7 Å². The molecule has 0 atom stereocenters. The van der Waals surface area contributed by atoms with E-state index in [1.807, 2.05) is 30.3 Å². The van der Waals surface area contributed by atoms with Gasteiger partial charge in [-0.3, -0.25) is 4.98 Å². The van der Waals surface area contributed by atoms with Gasteiger partial charge in [-0.1, -0.05) is 51.8 Å². The van der Waals surface area contributed by atoms with E-state index in [4.69, 9.17) is 11.6 Å². The number of benzene rings is 1. The Kier molecular flexibility index (Phi) is 4.35. The highest BCUT2D eigenvalue weighted by Gasteiger charge is 1.97. The average molecular weight is 308 g/mol. The van der Waals surface area contributed by atoms with Crippen LogP contribution in [0.1, 0.15) is 11.3 Å². The van der Waals surface area contributed by atoms with Crippen molar-refractivity contribution < 1.29 is 0 Å². The van der Waals surface area contributed by atoms with Crippen LogP contribution in [0.3, 0.4) is 0 Å². The number of hydrogen-bond donors (Lipinski definition) is 0. The van der Waals surface area contributed by atoms with Crippen LogP contribution >= 0.6 is 27.5 Å². The van der Waals surface area contributed by atoms with Gasteiger partial charge >= 0.3 is 0 Å². The van der Waals surface area contributed by atoms with Gasteiger partial charge in [0, 0.05) is 23.2 Å². The van der Waals surface area contributed by atoms with Crippen molar-refractivity contribution in [2.75, 3.05) is 0 Å². The Morgan fingerprint density at radius 3 is 2.76 bits per heavy atom. The number of pyridine rings is 1. The molecule has 0 unspecified atom stereocenters. The summed E-state index contributed by atoms with van der Waals surface area (Å²) in [6.45, 7) is 0. The maximum atomic E-state index is 5.97. The summed E-state index contributed by atoms with van der Waals surface area (Å²) in [5, 5.41) is 0.591. The van der Waals surface area contributed by atoms with Crippen LogP contribution in [0.4, 0.5) is 0 Å². The molecule has 1 aromatic carbocycles. The molecule has 0 aliphatic carbocycles. The van der Waals surface area contributed by atoms with Crippen LogP contribution in [-0.2, 0) is 6.42 Å². The van der Waals surface area contributed by atoms with E-state index in [0.29, 0.717) is 11.4 Å². The molecule has 0 saturated heterocycles. The summed E-state index contributed by atoms with van der Waals surface area (Å²) >= 11 is 9.37. The first kappa shape index (κ1) is 12.3. The Bertz CT molecular complexity index is 520. The molecule has 17 heavy (non-hydrogen) atoms. The summed E-state index contributed by atoms with van der Waals surface area (Å²) in [6.07, 6.45) is 6.52. The van der Waals surface area contributed by atoms with Crippen LogP contribution in [0.15, 0.2) is 47.1 Å². The van der Waals surface area contributed by atoms with Gasteiger partial charge in [-0.25, -0.2) is 0 Å². The summed E-state index contributed by atoms with van der Waals surface area (Å²) in [5.74, 6) is 0. The molecule has 0 bridgehead atoms. The monoisotopic (exact) mass is 306 g/mol. The van der Waals surface area contributed by atoms with Crippen molar-refractivity contribution >= 4 is 33.6 Å². The van der Waals surface area contributed by atoms with Crippen molar-refractivity contribution in [1.82, 2.24) is 4.98 Å². The molecule has 1 nitrogen and oxygen atoms in total. The average Bonchev–Trinajstić information content (AvgIpc) is 2.34. The van der Waals surface area contributed by atoms with Crippen LogP contribution in [0.2, 0.25) is 5.02 Å². The molecule has 2 aromatic rings. The minimum atomic E-state index is 0.591. The highest BCUT2D eigenvalue weighted by molar-refractivity contribution is 9.10. The smallest absolute Gasteiger partial charge is 0.0703 e. The predicted octanol–water partition coefficient (Wildman–Crippen LogP) is 4.55. The number of allylic oxidation sites excluding steroid dienone is 1. The van der Waals surface area contributed by atoms with Gasteiger partial charge in [-0.15, -0.1) is 0 Å². The van der Waals surface area contributed by atoms with Gasteiger partial charge in [0.2, 0.25) is 0 Å². The maximum absolute atomic E-state index is 5.97. The van der Waals surface area contributed by atoms with Gasteiger partial charge in [0.1, 0.15) is 0 Å². The van der Waals surface area contributed by atoms with Crippen molar-refractivity contribution in [3.8, 4) is 0 Å². The number of rotatable bonds is 3. The van der Waals surface area contributed by atoms with Crippen LogP contribution < -0.4 is 0 Å². The number of nitrogens with zero attached hydrogens (tertiary/aromatic N) is 1. The van der Waals surface area contributed by atoms with E-state index in [1.165, 1.54) is 0 Å². The molecule has 85 valence electrons. The summed E-state index contributed by atoms with van der Waals surface area (Å²) in [6, 6.07) is 12.8. The fourth-order valence-corrected chi connectivity index (χ4v) is 1.85. The molecule has 0 spiro atoms. The van der Waals surface area contributed by atoms with E-state index >= 15 is 0 Å². The molecule has 0 aliphatic rings. The first-order chi connectivity index (χ1) is 8.25. The third-order valence-electron chi connectivity index (χ3n) is 2.26. The molecule has 0 amide bonds. The Balaban J connectivity index is 2.03. The second-order valence-electron chi connectivity index (χ2n) is 3.51. The minimum Gasteiger partial charge on any atom is -0.259 e. The molecule has 0 saturated carbocycles. The van der Waals surface area contributed by atoms with E-state index in [9.17, 15) is 0 Å². The lowest BCUT2D eigenvalue weighted by Gasteiger charge is -1.98. The second kappa shape index (κ2) is 5.99. The highest BCUT2D eigenvalue weighted by Crippen LogP contribution is 2.14. The fourth-order valence-electron chi connectivity index (χ4n) is 1.40. The SMILES string of the molecule is Clc1[c]ccnc1CC=Cc1ccc(Br)cc1. The molecule has 1 heterocycles. The van der Waals surface area contributed by atoms with Crippen molar-refractivity contribution in [1.29, 1.82) is 0 Å². The van der Waals surface area contributed by atoms with E-state index in [2.05, 4.69) is 33.1 Å². The van der Waals surface area contributed by atoms with E-state index in [0.717, 1.165) is 15.7 Å². The van der Waals surface area contributed by atoms with Crippen LogP contribution in [-0.4, -0.2) is 4.98 Å². The van der Waals surface area contributed by atoms with E-state index in [1.54, 1.807) is 12.3 Å². The Morgan fingerprint density at radius 2 is 2.06 bits per heavy atom. The molecule has 1 radical (unpaired) electrons. The largest absolute Gasteiger partial charge is 0.259 e. The summed E-state index contributed by atoms with van der Waals surface area (Å²) in [5.41, 5.74) is 2.01. The van der Waals surface area contributed by atoms with Crippen LogP contribution in [0.5, 0.6) is 0 Å². The lowest BCUT2D eigenvalue weighted by Crippen LogP contribution is -1.87. The van der Waals surface area contributed by atoms with Gasteiger partial charge < -0.3 is 0 Å². The normalized spacial score (nSPS) is 10.9. The van der Waals surface area contributed by atoms with Crippen molar-refractivity contribution in [3.63, 3.8) is 0 Å². The number of aromatic nitrogens is 1. The molecular weight excluding hydrogens is 298 g/mol. The quantitative estimate of drug-likeness (QED) is 0.810. The second-order valence-corrected chi connectivity index (χ2v) is 4.80. The molecule has 0 aliphatic heterocycles. The summed E-state index contributed by atoms with van der Waals surface area (Å²) in [4.78, 5) is 4.20. The van der Waals surface area contributed by atoms with Gasteiger partial charge in [-0.05, 0) is 23.8 Å². The number of halogens is 2. The van der Waals surface area contributed by atoms with Gasteiger partial charge in [0.15, 0.2) is 0 Å². The molecule has 1 aromatic heterocycles. The Hall–Kier alpha value is -1.12. The molecule has 0 fully saturated rings. The minimum absolute atomic E-state index is 0.591. The molecule has 3 heteroatoms. The zero-order valence-corrected chi connectivity index (χ0v) is 11.4. The van der Waals surface area contributed by atoms with E-state index < -0.39 is 0 Å². The van der Waals surface area contributed by atoms with Gasteiger partial charge in [0.25, 0.3) is 0 Å². The fraction of sp³-hybridized carbons (Fsp3) is 0.0714. The topological polar surface area (TPSA) is 12.9 Å². The van der Waals surface area contributed by atoms with Gasteiger partial charge in [-0.2, -0.15) is 0 Å². The molecular formula is C14H10BrClN. The third-order valence-corrected chi connectivity index (χ3v) is 3.12. The highest BCUT2D eigenvalue weighted by atomic mass is 79.9. The standard InChI is InChI=1S/C14H10BrClN/c15-12-8-6-11(7-9-12)3-1-5-14-13(16)4-2-10-17-14/h1-3,6-10H,5H2. The van der Waals surface area contributed by atoms with Crippen molar-refractivity contribution in [2.24, 2.45) is 0 Å². The maximum Gasteiger partial charge on any atom is 0.0703 e. The number of hydrogen-bond acceptors (Lipinski definition) is 1. The lowest BCUT2D eigenvalue weighted by molar-refractivity contribution is 1.11. The zero-order chi connectivity index (χ0) is 12.1. The first-order valence-electron chi connectivity index (χ1n) is 5.19. The Labute approximate surface area is 114 Å². The predicted molar refractivity (Wildman–Crippen MR) is 75.0 cm³/mol. The van der Waals surface area contributed by atoms with Crippen molar-refractivity contribution in [2.45, 2.75) is 6.42 Å². The van der Waals surface area contributed by atoms with Crippen LogP contribution in [0, 0.1) is 6.07 Å². The van der Waals surface area contributed by atoms with Crippen LogP contribution in [0.25, 0.3) is 6.08 Å². The zero-order valence-electron chi connectivity index (χ0n) is 9.03. The third kappa shape index (κ3) is 3.69.